The summed E-state index contributed by atoms with van der Waals surface area (Å²) in [6, 6.07) is 6.06. The molecule has 0 aromatic heterocycles. The van der Waals surface area contributed by atoms with Gasteiger partial charge in [-0.1, -0.05) is 6.07 Å². The second-order valence-electron chi connectivity index (χ2n) is 2.88. The van der Waals surface area contributed by atoms with E-state index in [1.165, 1.54) is 12.1 Å². The van der Waals surface area contributed by atoms with Crippen molar-refractivity contribution in [1.29, 1.82) is 0 Å². The molecule has 0 radical (unpaired) electrons. The number of phenolic OH excluding ortho intramolecular Hbond substituents is 1. The number of phenols is 1. The molecule has 0 aliphatic heterocycles. The molecule has 2 amide bonds. The lowest BCUT2D eigenvalue weighted by molar-refractivity contribution is -0.109. The van der Waals surface area contributed by atoms with Crippen LogP contribution in [0.4, 0.5) is 0 Å². The fourth-order valence-electron chi connectivity index (χ4n) is 1.06. The number of hydrogen-bond acceptors (Lipinski definition) is 3. The van der Waals surface area contributed by atoms with Gasteiger partial charge in [-0.3, -0.25) is 9.59 Å². The van der Waals surface area contributed by atoms with Crippen LogP contribution in [0.5, 0.6) is 5.75 Å². The molecule has 0 saturated carbocycles. The molecular weight excluding hydrogens is 196 g/mol. The van der Waals surface area contributed by atoms with E-state index < -0.39 is 0 Å². The van der Waals surface area contributed by atoms with Crippen molar-refractivity contribution in [3.8, 4) is 5.75 Å². The lowest BCUT2D eigenvalue weighted by Crippen LogP contribution is -2.31. The molecule has 1 aromatic carbocycles. The fourth-order valence-corrected chi connectivity index (χ4v) is 1.06. The van der Waals surface area contributed by atoms with Crippen molar-refractivity contribution in [1.82, 2.24) is 10.6 Å². The maximum absolute atomic E-state index is 11.4. The van der Waals surface area contributed by atoms with E-state index >= 15 is 0 Å². The van der Waals surface area contributed by atoms with E-state index in [2.05, 4.69) is 10.6 Å². The minimum absolute atomic E-state index is 0.0497. The highest BCUT2D eigenvalue weighted by Crippen LogP contribution is 2.10. The molecule has 0 aliphatic rings. The molecule has 5 heteroatoms. The smallest absolute Gasteiger partial charge is 0.251 e. The van der Waals surface area contributed by atoms with Gasteiger partial charge in [-0.25, -0.2) is 0 Å². The number of carbonyl (C=O) groups excluding carboxylic acids is 2. The second-order valence-corrected chi connectivity index (χ2v) is 2.88. The standard InChI is InChI=1S/C10H12N2O3/c13-7-11-4-5-12-10(15)8-2-1-3-9(14)6-8/h1-3,6-7,14H,4-5H2,(H,11,13)(H,12,15). The van der Waals surface area contributed by atoms with Crippen LogP contribution in [0.3, 0.4) is 0 Å². The number of benzene rings is 1. The van der Waals surface area contributed by atoms with Crippen LogP contribution < -0.4 is 10.6 Å². The zero-order valence-electron chi connectivity index (χ0n) is 8.06. The Hall–Kier alpha value is -2.04. The van der Waals surface area contributed by atoms with Gasteiger partial charge < -0.3 is 15.7 Å². The number of amides is 2. The number of aromatic hydroxyl groups is 1. The Morgan fingerprint density at radius 3 is 2.87 bits per heavy atom. The van der Waals surface area contributed by atoms with Crippen molar-refractivity contribution in [2.45, 2.75) is 0 Å². The van der Waals surface area contributed by atoms with Crippen LogP contribution in [0.25, 0.3) is 0 Å². The maximum Gasteiger partial charge on any atom is 0.251 e. The van der Waals surface area contributed by atoms with Crippen LogP contribution >= 0.6 is 0 Å². The summed E-state index contributed by atoms with van der Waals surface area (Å²) in [4.78, 5) is 21.3. The average molecular weight is 208 g/mol. The molecule has 0 fully saturated rings. The maximum atomic E-state index is 11.4. The topological polar surface area (TPSA) is 78.4 Å². The molecule has 5 nitrogen and oxygen atoms in total. The largest absolute Gasteiger partial charge is 0.508 e. The molecule has 15 heavy (non-hydrogen) atoms. The van der Waals surface area contributed by atoms with Gasteiger partial charge in [0, 0.05) is 18.7 Å². The summed E-state index contributed by atoms with van der Waals surface area (Å²) in [5.74, 6) is -0.229. The molecule has 3 N–H and O–H groups in total. The summed E-state index contributed by atoms with van der Waals surface area (Å²) in [7, 11) is 0. The predicted molar refractivity (Wildman–Crippen MR) is 54.5 cm³/mol. The minimum atomic E-state index is -0.279. The third-order valence-corrected chi connectivity index (χ3v) is 1.75. The summed E-state index contributed by atoms with van der Waals surface area (Å²) in [6.07, 6.45) is 0.570. The first-order valence-corrected chi connectivity index (χ1v) is 4.48. The molecule has 1 rings (SSSR count). The van der Waals surface area contributed by atoms with Crippen molar-refractivity contribution in [2.24, 2.45) is 0 Å². The zero-order valence-corrected chi connectivity index (χ0v) is 8.06. The van der Waals surface area contributed by atoms with Gasteiger partial charge in [0.25, 0.3) is 5.91 Å². The number of hydrogen-bond donors (Lipinski definition) is 3. The molecule has 0 heterocycles. The van der Waals surface area contributed by atoms with Gasteiger partial charge in [0.1, 0.15) is 5.75 Å². The Balaban J connectivity index is 2.43. The van der Waals surface area contributed by atoms with Gasteiger partial charge in [0.05, 0.1) is 0 Å². The average Bonchev–Trinajstić information content (AvgIpc) is 2.24. The van der Waals surface area contributed by atoms with Gasteiger partial charge in [-0.05, 0) is 18.2 Å². The van der Waals surface area contributed by atoms with E-state index in [-0.39, 0.29) is 11.7 Å². The third kappa shape index (κ3) is 3.68. The van der Waals surface area contributed by atoms with Crippen LogP contribution in [-0.4, -0.2) is 30.5 Å². The van der Waals surface area contributed by atoms with E-state index in [1.807, 2.05) is 0 Å². The van der Waals surface area contributed by atoms with E-state index in [0.29, 0.717) is 25.1 Å². The monoisotopic (exact) mass is 208 g/mol. The quantitative estimate of drug-likeness (QED) is 0.466. The third-order valence-electron chi connectivity index (χ3n) is 1.75. The van der Waals surface area contributed by atoms with Gasteiger partial charge >= 0.3 is 0 Å². The van der Waals surface area contributed by atoms with Gasteiger partial charge in [-0.2, -0.15) is 0 Å². The number of rotatable bonds is 5. The van der Waals surface area contributed by atoms with E-state index in [1.54, 1.807) is 12.1 Å². The van der Waals surface area contributed by atoms with Crippen molar-refractivity contribution >= 4 is 12.3 Å². The Bertz CT molecular complexity index is 352. The summed E-state index contributed by atoms with van der Waals surface area (Å²) in [5, 5.41) is 14.1. The van der Waals surface area contributed by atoms with Crippen molar-refractivity contribution in [2.75, 3.05) is 13.1 Å². The first-order valence-electron chi connectivity index (χ1n) is 4.48. The highest BCUT2D eigenvalue weighted by Gasteiger charge is 2.04. The molecular formula is C10H12N2O3. The molecule has 0 aliphatic carbocycles. The van der Waals surface area contributed by atoms with Crippen LogP contribution in [0.15, 0.2) is 24.3 Å². The van der Waals surface area contributed by atoms with Gasteiger partial charge in [0.15, 0.2) is 0 Å². The molecule has 0 bridgehead atoms. The summed E-state index contributed by atoms with van der Waals surface area (Å²) in [6.45, 7) is 0.737. The van der Waals surface area contributed by atoms with Crippen LogP contribution in [-0.2, 0) is 4.79 Å². The van der Waals surface area contributed by atoms with Crippen molar-refractivity contribution in [3.63, 3.8) is 0 Å². The molecule has 0 unspecified atom stereocenters. The molecule has 0 saturated heterocycles. The normalized spacial score (nSPS) is 9.33. The highest BCUT2D eigenvalue weighted by atomic mass is 16.3. The fraction of sp³-hybridized carbons (Fsp3) is 0.200. The van der Waals surface area contributed by atoms with E-state index in [0.717, 1.165) is 0 Å². The highest BCUT2D eigenvalue weighted by molar-refractivity contribution is 5.94. The van der Waals surface area contributed by atoms with Crippen molar-refractivity contribution in [3.05, 3.63) is 29.8 Å². The lowest BCUT2D eigenvalue weighted by Gasteiger charge is -2.04. The molecule has 1 aromatic rings. The summed E-state index contributed by atoms with van der Waals surface area (Å²) in [5.41, 5.74) is 0.390. The first-order chi connectivity index (χ1) is 7.24. The zero-order chi connectivity index (χ0) is 11.1. The summed E-state index contributed by atoms with van der Waals surface area (Å²) >= 11 is 0. The van der Waals surface area contributed by atoms with Gasteiger partial charge in [0.2, 0.25) is 6.41 Å². The lowest BCUT2D eigenvalue weighted by atomic mass is 10.2. The van der Waals surface area contributed by atoms with Crippen LogP contribution in [0.2, 0.25) is 0 Å². The van der Waals surface area contributed by atoms with E-state index in [4.69, 9.17) is 5.11 Å². The predicted octanol–water partition coefficient (Wildman–Crippen LogP) is -0.132. The Kier molecular flexibility index (Phi) is 4.15. The summed E-state index contributed by atoms with van der Waals surface area (Å²) < 4.78 is 0. The molecule has 80 valence electrons. The molecule has 0 spiro atoms. The van der Waals surface area contributed by atoms with E-state index in [9.17, 15) is 9.59 Å². The number of carbonyl (C=O) groups is 2. The Morgan fingerprint density at radius 1 is 1.40 bits per heavy atom. The van der Waals surface area contributed by atoms with Crippen molar-refractivity contribution < 1.29 is 14.7 Å². The molecule has 0 atom stereocenters. The van der Waals surface area contributed by atoms with Crippen LogP contribution in [0, 0.1) is 0 Å². The first kappa shape index (κ1) is 11.0. The Morgan fingerprint density at radius 2 is 2.20 bits per heavy atom. The van der Waals surface area contributed by atoms with Gasteiger partial charge in [-0.15, -0.1) is 0 Å². The Labute approximate surface area is 87.1 Å². The minimum Gasteiger partial charge on any atom is -0.508 e. The SMILES string of the molecule is O=CNCCNC(=O)c1cccc(O)c1. The second kappa shape index (κ2) is 5.64. The van der Waals surface area contributed by atoms with Crippen LogP contribution in [0.1, 0.15) is 10.4 Å². The number of nitrogens with one attached hydrogen (secondary N) is 2.